The summed E-state index contributed by atoms with van der Waals surface area (Å²) < 4.78 is 0.741. The second-order valence-electron chi connectivity index (χ2n) is 6.91. The molecule has 1 nitrogen and oxygen atoms in total. The van der Waals surface area contributed by atoms with Gasteiger partial charge in [-0.1, -0.05) is 0 Å². The number of carbonyl (C=O) groups excluding carboxylic acids is 1. The van der Waals surface area contributed by atoms with Gasteiger partial charge in [0.15, 0.2) is 0 Å². The van der Waals surface area contributed by atoms with E-state index in [9.17, 15) is 4.79 Å². The van der Waals surface area contributed by atoms with Gasteiger partial charge >= 0.3 is 123 Å². The van der Waals surface area contributed by atoms with Crippen LogP contribution in [0.25, 0.3) is 0 Å². The van der Waals surface area contributed by atoms with Crippen molar-refractivity contribution in [3.8, 4) is 0 Å². The molecule has 0 aromatic carbocycles. The van der Waals surface area contributed by atoms with Crippen LogP contribution in [0, 0.1) is 23.7 Å². The van der Waals surface area contributed by atoms with Crippen LogP contribution < -0.4 is 0 Å². The molecule has 6 unspecified atom stereocenters. The van der Waals surface area contributed by atoms with Gasteiger partial charge in [0, 0.05) is 0 Å². The third-order valence-electron chi connectivity index (χ3n) is 5.84. The zero-order chi connectivity index (χ0) is 12.1. The molecule has 4 aliphatic carbocycles. The Morgan fingerprint density at radius 2 is 1.22 bits per heavy atom. The van der Waals surface area contributed by atoms with E-state index in [1.807, 2.05) is 0 Å². The molecular formula is C15H22OSe2. The molecule has 0 radical (unpaired) electrons. The summed E-state index contributed by atoms with van der Waals surface area (Å²) in [5.41, 5.74) is 0. The van der Waals surface area contributed by atoms with Crippen molar-refractivity contribution in [3.63, 3.8) is 0 Å². The van der Waals surface area contributed by atoms with Gasteiger partial charge in [0.05, 0.1) is 0 Å². The molecule has 0 aromatic rings. The van der Waals surface area contributed by atoms with Crippen molar-refractivity contribution in [1.29, 1.82) is 0 Å². The van der Waals surface area contributed by atoms with Crippen molar-refractivity contribution in [2.45, 2.75) is 61.0 Å². The molecule has 0 aromatic heterocycles. The van der Waals surface area contributed by atoms with Gasteiger partial charge in [0.1, 0.15) is 0 Å². The number of fused-ring (bicyclic) bond motifs is 4. The summed E-state index contributed by atoms with van der Waals surface area (Å²) in [6.45, 7) is 0. The van der Waals surface area contributed by atoms with E-state index in [-0.39, 0.29) is 0 Å². The second-order valence-corrected chi connectivity index (χ2v) is 13.3. The minimum absolute atomic E-state index is 0.363. The Morgan fingerprint density at radius 3 is 1.56 bits per heavy atom. The van der Waals surface area contributed by atoms with Crippen molar-refractivity contribution >= 4 is 33.5 Å². The van der Waals surface area contributed by atoms with Crippen LogP contribution in [0.4, 0.5) is 4.79 Å². The van der Waals surface area contributed by atoms with Gasteiger partial charge in [-0.25, -0.2) is 0 Å². The molecule has 0 amide bonds. The van der Waals surface area contributed by atoms with Crippen LogP contribution in [-0.2, 0) is 0 Å². The number of rotatable bonds is 4. The summed E-state index contributed by atoms with van der Waals surface area (Å²) in [4.78, 5) is 14.1. The fourth-order valence-corrected chi connectivity index (χ4v) is 12.8. The average Bonchev–Trinajstić information content (AvgIpc) is 3.08. The molecule has 0 saturated heterocycles. The molecule has 3 heteroatoms. The van der Waals surface area contributed by atoms with E-state index in [1.165, 1.54) is 51.4 Å². The van der Waals surface area contributed by atoms with Crippen molar-refractivity contribution in [1.82, 2.24) is 0 Å². The van der Waals surface area contributed by atoms with Gasteiger partial charge < -0.3 is 0 Å². The summed E-state index contributed by atoms with van der Waals surface area (Å²) in [6.07, 6.45) is 11.6. The SMILES string of the molecule is O=C([Se]C1CC2CCC1C2)[Se]C1CC2CCC1C2. The van der Waals surface area contributed by atoms with E-state index < -0.39 is 0 Å². The fraction of sp³-hybridized carbons (Fsp3) is 0.933. The standard InChI is InChI=1S/C15H22OSe2/c16-15(17-13-7-9-1-3-11(13)5-9)18-14-8-10-2-4-12(14)6-10/h9-14H,1-8H2. The molecule has 4 aliphatic rings. The zero-order valence-corrected chi connectivity index (χ0v) is 14.3. The molecule has 4 fully saturated rings. The van der Waals surface area contributed by atoms with E-state index in [0.717, 1.165) is 36.9 Å². The van der Waals surface area contributed by atoms with E-state index in [4.69, 9.17) is 0 Å². The van der Waals surface area contributed by atoms with E-state index >= 15 is 0 Å². The fourth-order valence-electron chi connectivity index (χ4n) is 4.94. The monoisotopic (exact) mass is 378 g/mol. The second kappa shape index (κ2) is 4.92. The van der Waals surface area contributed by atoms with Gasteiger partial charge in [-0.3, -0.25) is 0 Å². The van der Waals surface area contributed by atoms with Gasteiger partial charge in [-0.15, -0.1) is 0 Å². The van der Waals surface area contributed by atoms with E-state index in [2.05, 4.69) is 0 Å². The van der Waals surface area contributed by atoms with Crippen LogP contribution in [0.15, 0.2) is 0 Å². The molecule has 4 bridgehead atoms. The molecule has 4 rings (SSSR count). The van der Waals surface area contributed by atoms with Crippen molar-refractivity contribution in [3.05, 3.63) is 0 Å². The van der Waals surface area contributed by atoms with Crippen LogP contribution in [0.5, 0.6) is 0 Å². The topological polar surface area (TPSA) is 17.1 Å². The number of hydrogen-bond acceptors (Lipinski definition) is 1. The number of hydrogen-bond donors (Lipinski definition) is 0. The summed E-state index contributed by atoms with van der Waals surface area (Å²) in [5.74, 6) is 3.97. The quantitative estimate of drug-likeness (QED) is 0.684. The molecule has 0 heterocycles. The summed E-state index contributed by atoms with van der Waals surface area (Å²) in [5, 5.41) is 0. The first-order valence-corrected chi connectivity index (χ1v) is 11.3. The third kappa shape index (κ3) is 2.26. The Bertz CT molecular complexity index is 324. The maximum absolute atomic E-state index is 12.4. The molecule has 18 heavy (non-hydrogen) atoms. The molecule has 100 valence electrons. The molecular weight excluding hydrogens is 354 g/mol. The van der Waals surface area contributed by atoms with Crippen molar-refractivity contribution < 1.29 is 4.79 Å². The normalized spacial score (nSPS) is 49.1. The molecule has 0 aliphatic heterocycles. The van der Waals surface area contributed by atoms with E-state index in [1.54, 1.807) is 0 Å². The molecule has 0 spiro atoms. The molecule has 6 atom stereocenters. The van der Waals surface area contributed by atoms with Crippen LogP contribution in [-0.4, -0.2) is 33.5 Å². The first kappa shape index (κ1) is 12.4. The first-order valence-electron chi connectivity index (χ1n) is 7.65. The maximum atomic E-state index is 12.4. The van der Waals surface area contributed by atoms with Gasteiger partial charge in [-0.05, 0) is 0 Å². The Hall–Kier alpha value is 0.709. The summed E-state index contributed by atoms with van der Waals surface area (Å²) in [7, 11) is 0. The predicted molar refractivity (Wildman–Crippen MR) is 75.3 cm³/mol. The Kier molecular flexibility index (Phi) is 3.40. The Morgan fingerprint density at radius 1 is 0.722 bits per heavy atom. The molecule has 0 N–H and O–H groups in total. The van der Waals surface area contributed by atoms with Crippen LogP contribution in [0.1, 0.15) is 51.4 Å². The zero-order valence-electron chi connectivity index (χ0n) is 10.8. The summed E-state index contributed by atoms with van der Waals surface area (Å²) >= 11 is 0.726. The Labute approximate surface area is 123 Å². The van der Waals surface area contributed by atoms with Crippen LogP contribution in [0.2, 0.25) is 9.63 Å². The van der Waals surface area contributed by atoms with Crippen LogP contribution >= 0.6 is 0 Å². The Balaban J connectivity index is 1.29. The number of carbonyl (C=O) groups is 1. The molecule has 4 saturated carbocycles. The minimum atomic E-state index is 0.363. The van der Waals surface area contributed by atoms with Crippen LogP contribution in [0.3, 0.4) is 0 Å². The third-order valence-corrected chi connectivity index (χ3v) is 12.4. The predicted octanol–water partition coefficient (Wildman–Crippen LogP) is 3.73. The average molecular weight is 376 g/mol. The summed E-state index contributed by atoms with van der Waals surface area (Å²) in [6, 6.07) is 0. The van der Waals surface area contributed by atoms with Gasteiger partial charge in [0.2, 0.25) is 0 Å². The van der Waals surface area contributed by atoms with E-state index in [0.29, 0.717) is 29.9 Å². The van der Waals surface area contributed by atoms with Gasteiger partial charge in [0.25, 0.3) is 0 Å². The van der Waals surface area contributed by atoms with Crippen molar-refractivity contribution in [2.24, 2.45) is 23.7 Å². The van der Waals surface area contributed by atoms with Gasteiger partial charge in [-0.2, -0.15) is 0 Å². The van der Waals surface area contributed by atoms with Crippen molar-refractivity contribution in [2.75, 3.05) is 0 Å². The first-order chi connectivity index (χ1) is 8.78.